The second-order valence-corrected chi connectivity index (χ2v) is 2.40. The van der Waals surface area contributed by atoms with Crippen LogP contribution in [-0.4, -0.2) is 17.9 Å². The zero-order valence-corrected chi connectivity index (χ0v) is 6.52. The van der Waals surface area contributed by atoms with Crippen LogP contribution in [0.25, 0.3) is 0 Å². The SMILES string of the molecule is O=C(O)c1cccc2c1OOCO2. The van der Waals surface area contributed by atoms with Gasteiger partial charge in [0.05, 0.1) is 0 Å². The Hall–Kier alpha value is -1.75. The van der Waals surface area contributed by atoms with E-state index in [1.165, 1.54) is 6.07 Å². The van der Waals surface area contributed by atoms with Crippen molar-refractivity contribution in [1.29, 1.82) is 0 Å². The molecule has 0 atom stereocenters. The molecule has 1 aliphatic rings. The minimum absolute atomic E-state index is 0.0252. The fraction of sp³-hybridized carbons (Fsp3) is 0.125. The molecule has 0 unspecified atom stereocenters. The van der Waals surface area contributed by atoms with Crippen LogP contribution in [0.2, 0.25) is 0 Å². The van der Waals surface area contributed by atoms with E-state index >= 15 is 0 Å². The van der Waals surface area contributed by atoms with Gasteiger partial charge in [0.15, 0.2) is 5.75 Å². The molecule has 2 rings (SSSR count). The van der Waals surface area contributed by atoms with Crippen molar-refractivity contribution >= 4 is 5.97 Å². The third-order valence-corrected chi connectivity index (χ3v) is 1.61. The van der Waals surface area contributed by atoms with Crippen molar-refractivity contribution in [3.63, 3.8) is 0 Å². The molecule has 5 heteroatoms. The first-order chi connectivity index (χ1) is 6.29. The summed E-state index contributed by atoms with van der Waals surface area (Å²) in [4.78, 5) is 19.9. The van der Waals surface area contributed by atoms with Gasteiger partial charge in [0.2, 0.25) is 12.5 Å². The summed E-state index contributed by atoms with van der Waals surface area (Å²) in [6.07, 6.45) is 0. The van der Waals surface area contributed by atoms with E-state index in [0.717, 1.165) is 0 Å². The van der Waals surface area contributed by atoms with E-state index < -0.39 is 5.97 Å². The van der Waals surface area contributed by atoms with Crippen LogP contribution < -0.4 is 9.62 Å². The standard InChI is InChI=1S/C8H6O5/c9-8(10)5-2-1-3-6-7(5)13-12-4-11-6/h1-3H,4H2,(H,9,10). The molecule has 1 aliphatic heterocycles. The van der Waals surface area contributed by atoms with Crippen molar-refractivity contribution in [2.75, 3.05) is 6.79 Å². The maximum absolute atomic E-state index is 10.7. The van der Waals surface area contributed by atoms with Crippen LogP contribution in [0.4, 0.5) is 0 Å². The summed E-state index contributed by atoms with van der Waals surface area (Å²) in [5, 5.41) is 8.75. The molecule has 0 fully saturated rings. The van der Waals surface area contributed by atoms with Gasteiger partial charge in [-0.2, -0.15) is 0 Å². The van der Waals surface area contributed by atoms with Crippen LogP contribution in [0.5, 0.6) is 11.5 Å². The zero-order chi connectivity index (χ0) is 9.26. The first-order valence-electron chi connectivity index (χ1n) is 3.57. The third-order valence-electron chi connectivity index (χ3n) is 1.61. The van der Waals surface area contributed by atoms with Crippen molar-refractivity contribution < 1.29 is 24.4 Å². The van der Waals surface area contributed by atoms with Crippen molar-refractivity contribution in [1.82, 2.24) is 0 Å². The van der Waals surface area contributed by atoms with Crippen molar-refractivity contribution in [3.05, 3.63) is 23.8 Å². The molecule has 0 amide bonds. The lowest BCUT2D eigenvalue weighted by atomic mass is 10.2. The van der Waals surface area contributed by atoms with Gasteiger partial charge >= 0.3 is 5.97 Å². The lowest BCUT2D eigenvalue weighted by molar-refractivity contribution is -0.264. The van der Waals surface area contributed by atoms with E-state index in [2.05, 4.69) is 4.89 Å². The fourth-order valence-electron chi connectivity index (χ4n) is 1.05. The molecule has 0 aliphatic carbocycles. The molecular formula is C8H6O5. The van der Waals surface area contributed by atoms with Crippen molar-refractivity contribution in [2.45, 2.75) is 0 Å². The lowest BCUT2D eigenvalue weighted by Crippen LogP contribution is -2.15. The predicted molar refractivity (Wildman–Crippen MR) is 40.6 cm³/mol. The number of ether oxygens (including phenoxy) is 1. The van der Waals surface area contributed by atoms with Gasteiger partial charge in [0, 0.05) is 0 Å². The number of carboxylic acid groups (broad SMARTS) is 1. The molecule has 0 bridgehead atoms. The third kappa shape index (κ3) is 1.29. The summed E-state index contributed by atoms with van der Waals surface area (Å²) in [5.41, 5.74) is 0.0252. The highest BCUT2D eigenvalue weighted by Gasteiger charge is 2.20. The number of rotatable bonds is 1. The van der Waals surface area contributed by atoms with Gasteiger partial charge in [-0.3, -0.25) is 0 Å². The molecule has 1 aromatic rings. The molecule has 68 valence electrons. The highest BCUT2D eigenvalue weighted by molar-refractivity contribution is 5.91. The second kappa shape index (κ2) is 2.95. The van der Waals surface area contributed by atoms with Crippen molar-refractivity contribution in [3.8, 4) is 11.5 Å². The number of benzene rings is 1. The molecule has 0 spiro atoms. The minimum atomic E-state index is -1.08. The van der Waals surface area contributed by atoms with E-state index in [9.17, 15) is 4.79 Å². The Balaban J connectivity index is 2.52. The number of fused-ring (bicyclic) bond motifs is 1. The highest BCUT2D eigenvalue weighted by atomic mass is 17.2. The van der Waals surface area contributed by atoms with Crippen LogP contribution in [0.1, 0.15) is 10.4 Å². The van der Waals surface area contributed by atoms with Gasteiger partial charge in [0.25, 0.3) is 0 Å². The van der Waals surface area contributed by atoms with E-state index in [4.69, 9.17) is 14.7 Å². The molecule has 1 aromatic carbocycles. The number of carboxylic acids is 1. The molecule has 0 aromatic heterocycles. The molecule has 0 radical (unpaired) electrons. The van der Waals surface area contributed by atoms with Gasteiger partial charge in [-0.05, 0) is 12.1 Å². The summed E-state index contributed by atoms with van der Waals surface area (Å²) in [6.45, 7) is -0.0317. The number of aromatic carboxylic acids is 1. The van der Waals surface area contributed by atoms with Crippen molar-refractivity contribution in [2.24, 2.45) is 0 Å². The van der Waals surface area contributed by atoms with Gasteiger partial charge in [0.1, 0.15) is 5.56 Å². The lowest BCUT2D eigenvalue weighted by Gasteiger charge is -2.17. The Morgan fingerprint density at radius 1 is 1.46 bits per heavy atom. The van der Waals surface area contributed by atoms with E-state index in [0.29, 0.717) is 5.75 Å². The molecule has 0 saturated carbocycles. The first-order valence-corrected chi connectivity index (χ1v) is 3.57. The molecule has 0 saturated heterocycles. The maximum Gasteiger partial charge on any atom is 0.339 e. The average Bonchev–Trinajstić information content (AvgIpc) is 2.17. The molecule has 1 N–H and O–H groups in total. The van der Waals surface area contributed by atoms with Crippen LogP contribution in [0.3, 0.4) is 0 Å². The van der Waals surface area contributed by atoms with Gasteiger partial charge in [-0.1, -0.05) is 6.07 Å². The Bertz CT molecular complexity index is 346. The quantitative estimate of drug-likeness (QED) is 0.657. The largest absolute Gasteiger partial charge is 0.478 e. The Kier molecular flexibility index (Phi) is 1.79. The Morgan fingerprint density at radius 3 is 3.08 bits per heavy atom. The summed E-state index contributed by atoms with van der Waals surface area (Å²) in [5.74, 6) is -0.585. The normalized spacial score (nSPS) is 13.8. The monoisotopic (exact) mass is 182 g/mol. The molecular weight excluding hydrogens is 176 g/mol. The van der Waals surface area contributed by atoms with Gasteiger partial charge < -0.3 is 14.7 Å². The number of hydrogen-bond donors (Lipinski definition) is 1. The summed E-state index contributed by atoms with van der Waals surface area (Å²) < 4.78 is 5.00. The van der Waals surface area contributed by atoms with Crippen LogP contribution >= 0.6 is 0 Å². The first kappa shape index (κ1) is 7.88. The summed E-state index contributed by atoms with van der Waals surface area (Å²) in [6, 6.07) is 4.61. The summed E-state index contributed by atoms with van der Waals surface area (Å²) >= 11 is 0. The fourth-order valence-corrected chi connectivity index (χ4v) is 1.05. The topological polar surface area (TPSA) is 65.0 Å². The number of para-hydroxylation sites is 1. The maximum atomic E-state index is 10.7. The van der Waals surface area contributed by atoms with Crippen LogP contribution in [0, 0.1) is 0 Å². The molecule has 1 heterocycles. The predicted octanol–water partition coefficient (Wildman–Crippen LogP) is 1.05. The second-order valence-electron chi connectivity index (χ2n) is 2.40. The van der Waals surface area contributed by atoms with Gasteiger partial charge in [-0.15, -0.1) is 4.89 Å². The van der Waals surface area contributed by atoms with Crippen LogP contribution in [-0.2, 0) is 4.89 Å². The Labute approximate surface area is 73.4 Å². The van der Waals surface area contributed by atoms with Gasteiger partial charge in [-0.25, -0.2) is 4.79 Å². The highest BCUT2D eigenvalue weighted by Crippen LogP contribution is 2.33. The summed E-state index contributed by atoms with van der Waals surface area (Å²) in [7, 11) is 0. The van der Waals surface area contributed by atoms with E-state index in [-0.39, 0.29) is 18.1 Å². The minimum Gasteiger partial charge on any atom is -0.478 e. The Morgan fingerprint density at radius 2 is 2.31 bits per heavy atom. The molecule has 5 nitrogen and oxygen atoms in total. The van der Waals surface area contributed by atoms with E-state index in [1.54, 1.807) is 12.1 Å². The zero-order valence-electron chi connectivity index (χ0n) is 6.52. The average molecular weight is 182 g/mol. The molecule has 13 heavy (non-hydrogen) atoms. The van der Waals surface area contributed by atoms with Crippen LogP contribution in [0.15, 0.2) is 18.2 Å². The smallest absolute Gasteiger partial charge is 0.339 e. The van der Waals surface area contributed by atoms with E-state index in [1.807, 2.05) is 0 Å². The number of carbonyl (C=O) groups is 1. The number of hydrogen-bond acceptors (Lipinski definition) is 4.